The van der Waals surface area contributed by atoms with Crippen molar-refractivity contribution in [3.05, 3.63) is 47.2 Å². The lowest BCUT2D eigenvalue weighted by Crippen LogP contribution is -1.98. The molecule has 94 valence electrons. The van der Waals surface area contributed by atoms with Crippen LogP contribution in [-0.2, 0) is 6.61 Å². The summed E-state index contributed by atoms with van der Waals surface area (Å²) in [7, 11) is 0. The van der Waals surface area contributed by atoms with Gasteiger partial charge < -0.3 is 14.3 Å². The largest absolute Gasteiger partial charge is 0.484 e. The van der Waals surface area contributed by atoms with Crippen molar-refractivity contribution in [3.63, 3.8) is 0 Å². The van der Waals surface area contributed by atoms with E-state index in [0.29, 0.717) is 11.6 Å². The van der Waals surface area contributed by atoms with Crippen molar-refractivity contribution in [3.8, 4) is 5.75 Å². The second-order valence-corrected chi connectivity index (χ2v) is 3.87. The number of ether oxygens (including phenoxy) is 1. The first-order chi connectivity index (χ1) is 8.56. The first kappa shape index (κ1) is 12.2. The Hall–Kier alpha value is -2.30. The van der Waals surface area contributed by atoms with Crippen LogP contribution in [0.15, 0.2) is 28.7 Å². The van der Waals surface area contributed by atoms with E-state index in [0.717, 1.165) is 11.5 Å². The van der Waals surface area contributed by atoms with Gasteiger partial charge in [-0.25, -0.2) is 9.78 Å². The summed E-state index contributed by atoms with van der Waals surface area (Å²) >= 11 is 0. The van der Waals surface area contributed by atoms with Gasteiger partial charge >= 0.3 is 5.97 Å². The van der Waals surface area contributed by atoms with Crippen LogP contribution < -0.4 is 4.74 Å². The summed E-state index contributed by atoms with van der Waals surface area (Å²) in [5, 5.41) is 8.75. The molecule has 0 aliphatic carbocycles. The highest BCUT2D eigenvalue weighted by atomic mass is 16.5. The van der Waals surface area contributed by atoms with Gasteiger partial charge in [-0.2, -0.15) is 0 Å². The molecule has 5 heteroatoms. The fraction of sp³-hybridized carbons (Fsp3) is 0.231. The zero-order valence-corrected chi connectivity index (χ0v) is 10.1. The van der Waals surface area contributed by atoms with Crippen LogP contribution in [0.25, 0.3) is 0 Å². The lowest BCUT2D eigenvalue weighted by molar-refractivity contribution is 0.0697. The molecule has 0 amide bonds. The Balaban J connectivity index is 2.00. The molecule has 0 bridgehead atoms. The fourth-order valence-corrected chi connectivity index (χ4v) is 1.44. The molecule has 18 heavy (non-hydrogen) atoms. The SMILES string of the molecule is Cc1nc(COc2ccc(C(=O)O)cc2)oc1C. The minimum atomic E-state index is -0.958. The summed E-state index contributed by atoms with van der Waals surface area (Å²) in [4.78, 5) is 14.9. The van der Waals surface area contributed by atoms with E-state index in [2.05, 4.69) is 4.98 Å². The molecule has 2 rings (SSSR count). The van der Waals surface area contributed by atoms with Crippen LogP contribution in [0.5, 0.6) is 5.75 Å². The van der Waals surface area contributed by atoms with E-state index in [1.165, 1.54) is 12.1 Å². The Morgan fingerprint density at radius 1 is 1.33 bits per heavy atom. The number of aromatic nitrogens is 1. The van der Waals surface area contributed by atoms with Crippen molar-refractivity contribution < 1.29 is 19.1 Å². The molecule has 0 radical (unpaired) electrons. The fourth-order valence-electron chi connectivity index (χ4n) is 1.44. The quantitative estimate of drug-likeness (QED) is 0.898. The van der Waals surface area contributed by atoms with Crippen molar-refractivity contribution in [2.75, 3.05) is 0 Å². The first-order valence-electron chi connectivity index (χ1n) is 5.45. The molecule has 5 nitrogen and oxygen atoms in total. The van der Waals surface area contributed by atoms with Gasteiger partial charge in [0.1, 0.15) is 11.5 Å². The number of rotatable bonds is 4. The van der Waals surface area contributed by atoms with E-state index in [-0.39, 0.29) is 12.2 Å². The maximum atomic E-state index is 10.7. The second kappa shape index (κ2) is 4.91. The maximum Gasteiger partial charge on any atom is 0.335 e. The van der Waals surface area contributed by atoms with Gasteiger partial charge in [0.15, 0.2) is 6.61 Å². The molecule has 0 aliphatic heterocycles. The predicted octanol–water partition coefficient (Wildman–Crippen LogP) is 2.57. The number of hydrogen-bond acceptors (Lipinski definition) is 4. The van der Waals surface area contributed by atoms with Crippen LogP contribution in [0.2, 0.25) is 0 Å². The average Bonchev–Trinajstić information content (AvgIpc) is 2.67. The van der Waals surface area contributed by atoms with Crippen LogP contribution >= 0.6 is 0 Å². The minimum absolute atomic E-state index is 0.223. The molecule has 0 saturated carbocycles. The molecule has 1 N–H and O–H groups in total. The van der Waals surface area contributed by atoms with Crippen molar-refractivity contribution in [2.45, 2.75) is 20.5 Å². The Morgan fingerprint density at radius 3 is 2.50 bits per heavy atom. The van der Waals surface area contributed by atoms with Gasteiger partial charge in [0, 0.05) is 0 Å². The van der Waals surface area contributed by atoms with Gasteiger partial charge in [-0.3, -0.25) is 0 Å². The number of carboxylic acids is 1. The molecule has 0 fully saturated rings. The lowest BCUT2D eigenvalue weighted by atomic mass is 10.2. The molecule has 1 aromatic carbocycles. The van der Waals surface area contributed by atoms with Crippen molar-refractivity contribution >= 4 is 5.97 Å². The molecule has 0 aliphatic rings. The number of benzene rings is 1. The van der Waals surface area contributed by atoms with E-state index in [4.69, 9.17) is 14.3 Å². The minimum Gasteiger partial charge on any atom is -0.484 e. The Labute approximate surface area is 104 Å². The number of aromatic carboxylic acids is 1. The molecule has 1 heterocycles. The van der Waals surface area contributed by atoms with Gasteiger partial charge in [0.2, 0.25) is 5.89 Å². The summed E-state index contributed by atoms with van der Waals surface area (Å²) < 4.78 is 10.8. The maximum absolute atomic E-state index is 10.7. The number of aryl methyl sites for hydroxylation is 2. The molecule has 0 saturated heterocycles. The molecule has 0 unspecified atom stereocenters. The highest BCUT2D eigenvalue weighted by molar-refractivity contribution is 5.87. The second-order valence-electron chi connectivity index (χ2n) is 3.87. The third kappa shape index (κ3) is 2.68. The number of oxazole rings is 1. The molecule has 1 aromatic heterocycles. The molecule has 0 atom stereocenters. The van der Waals surface area contributed by atoms with Gasteiger partial charge in [0.05, 0.1) is 11.3 Å². The predicted molar refractivity (Wildman–Crippen MR) is 63.7 cm³/mol. The Kier molecular flexibility index (Phi) is 3.32. The molecular formula is C13H13NO4. The number of hydrogen-bond donors (Lipinski definition) is 1. The van der Waals surface area contributed by atoms with E-state index in [9.17, 15) is 4.79 Å². The Morgan fingerprint density at radius 2 is 2.00 bits per heavy atom. The number of carboxylic acid groups (broad SMARTS) is 1. The number of carbonyl (C=O) groups is 1. The standard InChI is InChI=1S/C13H13NO4/c1-8-9(2)18-12(14-8)7-17-11-5-3-10(4-6-11)13(15)16/h3-6H,7H2,1-2H3,(H,15,16). The van der Waals surface area contributed by atoms with E-state index in [1.807, 2.05) is 13.8 Å². The van der Waals surface area contributed by atoms with Gasteiger partial charge in [0.25, 0.3) is 0 Å². The van der Waals surface area contributed by atoms with Crippen LogP contribution in [0, 0.1) is 13.8 Å². The van der Waals surface area contributed by atoms with Crippen LogP contribution in [0.1, 0.15) is 27.7 Å². The van der Waals surface area contributed by atoms with Crippen LogP contribution in [0.4, 0.5) is 0 Å². The summed E-state index contributed by atoms with van der Waals surface area (Å²) in [6.45, 7) is 3.93. The normalized spacial score (nSPS) is 10.3. The van der Waals surface area contributed by atoms with Crippen molar-refractivity contribution in [1.29, 1.82) is 0 Å². The summed E-state index contributed by atoms with van der Waals surface area (Å²) in [5.41, 5.74) is 1.07. The summed E-state index contributed by atoms with van der Waals surface area (Å²) in [6, 6.07) is 6.19. The highest BCUT2D eigenvalue weighted by Crippen LogP contribution is 2.15. The molecular weight excluding hydrogens is 234 g/mol. The van der Waals surface area contributed by atoms with Crippen LogP contribution in [-0.4, -0.2) is 16.1 Å². The smallest absolute Gasteiger partial charge is 0.335 e. The van der Waals surface area contributed by atoms with Gasteiger partial charge in [-0.05, 0) is 38.1 Å². The first-order valence-corrected chi connectivity index (χ1v) is 5.45. The van der Waals surface area contributed by atoms with E-state index < -0.39 is 5.97 Å². The van der Waals surface area contributed by atoms with Gasteiger partial charge in [-0.15, -0.1) is 0 Å². The summed E-state index contributed by atoms with van der Waals surface area (Å²) in [5.74, 6) is 0.899. The summed E-state index contributed by atoms with van der Waals surface area (Å²) in [6.07, 6.45) is 0. The third-order valence-corrected chi connectivity index (χ3v) is 2.54. The van der Waals surface area contributed by atoms with Crippen LogP contribution in [0.3, 0.4) is 0 Å². The molecule has 0 spiro atoms. The topological polar surface area (TPSA) is 72.6 Å². The average molecular weight is 247 g/mol. The third-order valence-electron chi connectivity index (χ3n) is 2.54. The van der Waals surface area contributed by atoms with Crippen molar-refractivity contribution in [2.24, 2.45) is 0 Å². The Bertz CT molecular complexity index is 537. The van der Waals surface area contributed by atoms with Crippen molar-refractivity contribution in [1.82, 2.24) is 4.98 Å². The number of nitrogens with zero attached hydrogens (tertiary/aromatic N) is 1. The van der Waals surface area contributed by atoms with Gasteiger partial charge in [-0.1, -0.05) is 0 Å². The zero-order chi connectivity index (χ0) is 13.1. The molecule has 2 aromatic rings. The van der Waals surface area contributed by atoms with E-state index in [1.54, 1.807) is 12.1 Å². The highest BCUT2D eigenvalue weighted by Gasteiger charge is 2.07. The zero-order valence-electron chi connectivity index (χ0n) is 10.1. The monoisotopic (exact) mass is 247 g/mol. The van der Waals surface area contributed by atoms with E-state index >= 15 is 0 Å². The lowest BCUT2D eigenvalue weighted by Gasteiger charge is -2.03.